The van der Waals surface area contributed by atoms with Crippen LogP contribution in [0.3, 0.4) is 0 Å². The van der Waals surface area contributed by atoms with Crippen molar-refractivity contribution in [3.8, 4) is 11.5 Å². The second kappa shape index (κ2) is 5.61. The van der Waals surface area contributed by atoms with E-state index in [0.717, 1.165) is 16.8 Å². The zero-order valence-corrected chi connectivity index (χ0v) is 10.9. The van der Waals surface area contributed by atoms with Gasteiger partial charge >= 0.3 is 0 Å². The Kier molecular flexibility index (Phi) is 3.90. The average Bonchev–Trinajstić information content (AvgIpc) is 2.39. The van der Waals surface area contributed by atoms with Crippen molar-refractivity contribution in [3.63, 3.8) is 0 Å². The number of methoxy groups -OCH3 is 1. The van der Waals surface area contributed by atoms with Crippen LogP contribution in [0.5, 0.6) is 11.5 Å². The zero-order valence-electron chi connectivity index (χ0n) is 10.9. The molecule has 2 rings (SSSR count). The van der Waals surface area contributed by atoms with Gasteiger partial charge in [-0.25, -0.2) is 4.39 Å². The Hall–Kier alpha value is -2.23. The van der Waals surface area contributed by atoms with Crippen LogP contribution < -0.4 is 10.1 Å². The number of hydrogen-bond acceptors (Lipinski definition) is 3. The van der Waals surface area contributed by atoms with E-state index >= 15 is 0 Å². The van der Waals surface area contributed by atoms with E-state index in [2.05, 4.69) is 5.32 Å². The lowest BCUT2D eigenvalue weighted by molar-refractivity contribution is 0.406. The first-order valence-corrected chi connectivity index (χ1v) is 5.96. The van der Waals surface area contributed by atoms with Gasteiger partial charge in [-0.1, -0.05) is 0 Å². The maximum Gasteiger partial charge on any atom is 0.124 e. The normalized spacial score (nSPS) is 10.3. The second-order valence-electron chi connectivity index (χ2n) is 4.31. The summed E-state index contributed by atoms with van der Waals surface area (Å²) in [6.07, 6.45) is 0. The number of rotatable bonds is 4. The van der Waals surface area contributed by atoms with Gasteiger partial charge in [-0.2, -0.15) is 0 Å². The molecule has 0 atom stereocenters. The Balaban J connectivity index is 2.10. The SMILES string of the molecule is COc1ccc(CNc2ccc(F)cc2C)c(O)c1. The highest BCUT2D eigenvalue weighted by atomic mass is 19.1. The molecule has 0 fully saturated rings. The molecule has 0 aliphatic heterocycles. The number of phenolic OH excluding ortho intramolecular Hbond substituents is 1. The minimum absolute atomic E-state index is 0.173. The van der Waals surface area contributed by atoms with Crippen LogP contribution >= 0.6 is 0 Å². The fourth-order valence-electron chi connectivity index (χ4n) is 1.84. The van der Waals surface area contributed by atoms with Crippen molar-refractivity contribution in [2.75, 3.05) is 12.4 Å². The van der Waals surface area contributed by atoms with E-state index < -0.39 is 0 Å². The van der Waals surface area contributed by atoms with Crippen LogP contribution in [0.2, 0.25) is 0 Å². The molecule has 2 aromatic rings. The molecule has 100 valence electrons. The van der Waals surface area contributed by atoms with Crippen LogP contribution in [-0.2, 0) is 6.54 Å². The summed E-state index contributed by atoms with van der Waals surface area (Å²) in [5.74, 6) is 0.529. The van der Waals surface area contributed by atoms with Gasteiger partial charge in [0.05, 0.1) is 7.11 Å². The molecule has 0 aliphatic rings. The summed E-state index contributed by atoms with van der Waals surface area (Å²) in [4.78, 5) is 0. The highest BCUT2D eigenvalue weighted by Crippen LogP contribution is 2.25. The van der Waals surface area contributed by atoms with Crippen LogP contribution in [0, 0.1) is 12.7 Å². The molecule has 3 nitrogen and oxygen atoms in total. The third-order valence-corrected chi connectivity index (χ3v) is 2.95. The van der Waals surface area contributed by atoms with Gasteiger partial charge in [0.1, 0.15) is 17.3 Å². The van der Waals surface area contributed by atoms with Gasteiger partial charge in [0.2, 0.25) is 0 Å². The molecule has 0 amide bonds. The van der Waals surface area contributed by atoms with Gasteiger partial charge in [0.25, 0.3) is 0 Å². The third-order valence-electron chi connectivity index (χ3n) is 2.95. The molecule has 19 heavy (non-hydrogen) atoms. The van der Waals surface area contributed by atoms with Crippen molar-refractivity contribution in [1.82, 2.24) is 0 Å². The van der Waals surface area contributed by atoms with E-state index in [1.54, 1.807) is 31.4 Å². The van der Waals surface area contributed by atoms with E-state index in [-0.39, 0.29) is 11.6 Å². The van der Waals surface area contributed by atoms with Crippen molar-refractivity contribution in [3.05, 3.63) is 53.3 Å². The number of halogens is 1. The van der Waals surface area contributed by atoms with Crippen LogP contribution in [0.1, 0.15) is 11.1 Å². The smallest absolute Gasteiger partial charge is 0.124 e. The molecule has 2 aromatic carbocycles. The Bertz CT molecular complexity index is 584. The average molecular weight is 261 g/mol. The van der Waals surface area contributed by atoms with E-state index in [1.807, 2.05) is 6.92 Å². The van der Waals surface area contributed by atoms with E-state index in [0.29, 0.717) is 12.3 Å². The van der Waals surface area contributed by atoms with Crippen molar-refractivity contribution >= 4 is 5.69 Å². The van der Waals surface area contributed by atoms with Crippen LogP contribution in [0.4, 0.5) is 10.1 Å². The minimum atomic E-state index is -0.254. The molecule has 0 saturated carbocycles. The summed E-state index contributed by atoms with van der Waals surface area (Å²) in [6, 6.07) is 9.70. The summed E-state index contributed by atoms with van der Waals surface area (Å²) in [5, 5.41) is 13.0. The van der Waals surface area contributed by atoms with Gasteiger partial charge in [0, 0.05) is 23.9 Å². The number of phenols is 1. The Morgan fingerprint density at radius 3 is 2.63 bits per heavy atom. The van der Waals surface area contributed by atoms with Crippen molar-refractivity contribution < 1.29 is 14.2 Å². The van der Waals surface area contributed by atoms with E-state index in [4.69, 9.17) is 4.74 Å². The van der Waals surface area contributed by atoms with Gasteiger partial charge in [-0.15, -0.1) is 0 Å². The lowest BCUT2D eigenvalue weighted by Gasteiger charge is -2.11. The molecule has 0 spiro atoms. The van der Waals surface area contributed by atoms with Gasteiger partial charge in [-0.05, 0) is 42.8 Å². The summed E-state index contributed by atoms with van der Waals surface area (Å²) >= 11 is 0. The van der Waals surface area contributed by atoms with Gasteiger partial charge in [-0.3, -0.25) is 0 Å². The molecule has 0 aromatic heterocycles. The quantitative estimate of drug-likeness (QED) is 0.885. The van der Waals surface area contributed by atoms with E-state index in [1.165, 1.54) is 12.1 Å². The molecular weight excluding hydrogens is 245 g/mol. The first kappa shape index (κ1) is 13.2. The molecule has 4 heteroatoms. The van der Waals surface area contributed by atoms with E-state index in [9.17, 15) is 9.50 Å². The minimum Gasteiger partial charge on any atom is -0.507 e. The molecule has 2 N–H and O–H groups in total. The van der Waals surface area contributed by atoms with Crippen molar-refractivity contribution in [1.29, 1.82) is 0 Å². The number of ether oxygens (including phenoxy) is 1. The molecular formula is C15H16FNO2. The lowest BCUT2D eigenvalue weighted by Crippen LogP contribution is -2.01. The molecule has 0 bridgehead atoms. The topological polar surface area (TPSA) is 41.5 Å². The maximum absolute atomic E-state index is 13.0. The standard InChI is InChI=1S/C15H16FNO2/c1-10-7-12(16)4-6-14(10)17-9-11-3-5-13(19-2)8-15(11)18/h3-8,17-18H,9H2,1-2H3. The summed E-state index contributed by atoms with van der Waals surface area (Å²) < 4.78 is 18.0. The molecule has 0 aliphatic carbocycles. The maximum atomic E-state index is 13.0. The molecule has 0 heterocycles. The number of aryl methyl sites for hydroxylation is 1. The fourth-order valence-corrected chi connectivity index (χ4v) is 1.84. The highest BCUT2D eigenvalue weighted by molar-refractivity contribution is 5.52. The molecule has 0 radical (unpaired) electrons. The summed E-state index contributed by atoms with van der Waals surface area (Å²) in [5.41, 5.74) is 2.43. The van der Waals surface area contributed by atoms with Gasteiger partial charge in [0.15, 0.2) is 0 Å². The summed E-state index contributed by atoms with van der Waals surface area (Å²) in [7, 11) is 1.55. The highest BCUT2D eigenvalue weighted by Gasteiger charge is 2.04. The molecule has 0 unspecified atom stereocenters. The summed E-state index contributed by atoms with van der Waals surface area (Å²) in [6.45, 7) is 2.29. The van der Waals surface area contributed by atoms with Crippen molar-refractivity contribution in [2.45, 2.75) is 13.5 Å². The fraction of sp³-hybridized carbons (Fsp3) is 0.200. The second-order valence-corrected chi connectivity index (χ2v) is 4.31. The Labute approximate surface area is 111 Å². The molecule has 0 saturated heterocycles. The van der Waals surface area contributed by atoms with Crippen LogP contribution in [0.15, 0.2) is 36.4 Å². The largest absolute Gasteiger partial charge is 0.507 e. The van der Waals surface area contributed by atoms with Crippen LogP contribution in [-0.4, -0.2) is 12.2 Å². The first-order valence-electron chi connectivity index (χ1n) is 5.96. The number of nitrogens with one attached hydrogen (secondary N) is 1. The Morgan fingerprint density at radius 1 is 1.21 bits per heavy atom. The third kappa shape index (κ3) is 3.16. The number of hydrogen-bond donors (Lipinski definition) is 2. The van der Waals surface area contributed by atoms with Crippen molar-refractivity contribution in [2.24, 2.45) is 0 Å². The van der Waals surface area contributed by atoms with Crippen LogP contribution in [0.25, 0.3) is 0 Å². The number of benzene rings is 2. The first-order chi connectivity index (χ1) is 9.10. The number of anilines is 1. The monoisotopic (exact) mass is 261 g/mol. The number of aromatic hydroxyl groups is 1. The predicted molar refractivity (Wildman–Crippen MR) is 73.1 cm³/mol. The Morgan fingerprint density at radius 2 is 2.00 bits per heavy atom. The lowest BCUT2D eigenvalue weighted by atomic mass is 10.1. The van der Waals surface area contributed by atoms with Gasteiger partial charge < -0.3 is 15.2 Å². The zero-order chi connectivity index (χ0) is 13.8. The predicted octanol–water partition coefficient (Wildman–Crippen LogP) is 3.46.